The number of carbonyl (C=O) groups is 2. The highest BCUT2D eigenvalue weighted by Gasteiger charge is 2.10. The number of amides is 4. The van der Waals surface area contributed by atoms with Gasteiger partial charge in [-0.3, -0.25) is 10.4 Å². The second-order valence-electron chi connectivity index (χ2n) is 3.62. The molecule has 0 saturated heterocycles. The summed E-state index contributed by atoms with van der Waals surface area (Å²) in [6.45, 7) is 1.75. The van der Waals surface area contributed by atoms with Crippen LogP contribution >= 0.6 is 0 Å². The summed E-state index contributed by atoms with van der Waals surface area (Å²) >= 11 is 0. The maximum absolute atomic E-state index is 11.4. The third kappa shape index (κ3) is 3.34. The van der Waals surface area contributed by atoms with Gasteiger partial charge in [0.25, 0.3) is 0 Å². The second-order valence-corrected chi connectivity index (χ2v) is 3.62. The number of rotatable bonds is 2. The third-order valence-corrected chi connectivity index (χ3v) is 2.28. The van der Waals surface area contributed by atoms with Gasteiger partial charge < -0.3 is 10.6 Å². The van der Waals surface area contributed by atoms with Crippen molar-refractivity contribution in [2.24, 2.45) is 11.7 Å². The van der Waals surface area contributed by atoms with Gasteiger partial charge in [-0.15, -0.1) is 0 Å². The van der Waals surface area contributed by atoms with E-state index in [2.05, 4.69) is 10.6 Å². The first-order valence-corrected chi connectivity index (χ1v) is 5.12. The first-order chi connectivity index (χ1) is 8.45. The minimum atomic E-state index is -0.544. The van der Waals surface area contributed by atoms with Crippen molar-refractivity contribution >= 4 is 23.4 Å². The van der Waals surface area contributed by atoms with Crippen LogP contribution in [-0.4, -0.2) is 24.1 Å². The standard InChI is InChI=1S/C10H16N6O2/c1-6-7(13-9(17)15-11)4-3-5-8(6)14-10(18)16(2)12/h3-5H,11-12H2,1-2H3,(H,14,18)(H2,13,15,17). The van der Waals surface area contributed by atoms with E-state index >= 15 is 0 Å². The summed E-state index contributed by atoms with van der Waals surface area (Å²) < 4.78 is 0. The lowest BCUT2D eigenvalue weighted by Crippen LogP contribution is -2.37. The number of nitrogens with zero attached hydrogens (tertiary/aromatic N) is 1. The van der Waals surface area contributed by atoms with Crippen molar-refractivity contribution in [3.05, 3.63) is 23.8 Å². The highest BCUT2D eigenvalue weighted by Crippen LogP contribution is 2.23. The molecule has 4 amide bonds. The van der Waals surface area contributed by atoms with Crippen LogP contribution < -0.4 is 27.7 Å². The molecule has 18 heavy (non-hydrogen) atoms. The molecule has 0 aliphatic heterocycles. The van der Waals surface area contributed by atoms with Crippen LogP contribution in [0, 0.1) is 6.92 Å². The number of hydrogen-bond donors (Lipinski definition) is 5. The molecule has 0 aliphatic rings. The maximum atomic E-state index is 11.4. The lowest BCUT2D eigenvalue weighted by atomic mass is 10.1. The number of nitrogens with one attached hydrogen (secondary N) is 3. The molecule has 98 valence electrons. The monoisotopic (exact) mass is 252 g/mol. The van der Waals surface area contributed by atoms with Crippen LogP contribution in [0.3, 0.4) is 0 Å². The van der Waals surface area contributed by atoms with Gasteiger partial charge in [0.2, 0.25) is 0 Å². The minimum Gasteiger partial charge on any atom is -0.307 e. The van der Waals surface area contributed by atoms with Crippen LogP contribution in [0.2, 0.25) is 0 Å². The Hall–Kier alpha value is -2.32. The Morgan fingerprint density at radius 2 is 1.78 bits per heavy atom. The van der Waals surface area contributed by atoms with Gasteiger partial charge in [0, 0.05) is 18.4 Å². The summed E-state index contributed by atoms with van der Waals surface area (Å²) in [6.07, 6.45) is 0. The molecule has 0 radical (unpaired) electrons. The Bertz CT molecular complexity index is 460. The van der Waals surface area contributed by atoms with Crippen molar-refractivity contribution in [3.63, 3.8) is 0 Å². The predicted octanol–water partition coefficient (Wildman–Crippen LogP) is 0.328. The number of hydrazine groups is 2. The maximum Gasteiger partial charge on any atom is 0.335 e. The second kappa shape index (κ2) is 5.84. The van der Waals surface area contributed by atoms with Crippen LogP contribution in [0.15, 0.2) is 18.2 Å². The van der Waals surface area contributed by atoms with Crippen molar-refractivity contribution in [3.8, 4) is 0 Å². The number of nitrogens with two attached hydrogens (primary N) is 2. The van der Waals surface area contributed by atoms with E-state index in [9.17, 15) is 9.59 Å². The summed E-state index contributed by atoms with van der Waals surface area (Å²) in [5.74, 6) is 10.3. The molecule has 0 aromatic heterocycles. The van der Waals surface area contributed by atoms with Crippen LogP contribution in [0.1, 0.15) is 5.56 Å². The summed E-state index contributed by atoms with van der Waals surface area (Å²) in [5.41, 5.74) is 3.73. The van der Waals surface area contributed by atoms with Gasteiger partial charge in [-0.25, -0.2) is 21.3 Å². The third-order valence-electron chi connectivity index (χ3n) is 2.28. The Morgan fingerprint density at radius 1 is 1.22 bits per heavy atom. The van der Waals surface area contributed by atoms with Crippen LogP contribution in [0.5, 0.6) is 0 Å². The zero-order chi connectivity index (χ0) is 13.7. The Kier molecular flexibility index (Phi) is 4.46. The molecule has 1 aromatic rings. The molecular weight excluding hydrogens is 236 g/mol. The molecule has 8 heteroatoms. The average molecular weight is 252 g/mol. The molecule has 1 rings (SSSR count). The van der Waals surface area contributed by atoms with E-state index in [0.717, 1.165) is 5.01 Å². The van der Waals surface area contributed by atoms with Crippen molar-refractivity contribution in [2.45, 2.75) is 6.92 Å². The van der Waals surface area contributed by atoms with Crippen molar-refractivity contribution in [1.82, 2.24) is 10.4 Å². The van der Waals surface area contributed by atoms with Crippen LogP contribution in [0.4, 0.5) is 21.0 Å². The molecule has 0 unspecified atom stereocenters. The molecular formula is C10H16N6O2. The van der Waals surface area contributed by atoms with E-state index in [-0.39, 0.29) is 0 Å². The summed E-state index contributed by atoms with van der Waals surface area (Å²) in [4.78, 5) is 22.5. The average Bonchev–Trinajstić information content (AvgIpc) is 2.33. The van der Waals surface area contributed by atoms with Gasteiger partial charge in [0.1, 0.15) is 0 Å². The molecule has 1 aromatic carbocycles. The van der Waals surface area contributed by atoms with Gasteiger partial charge in [0.05, 0.1) is 0 Å². The summed E-state index contributed by atoms with van der Waals surface area (Å²) in [6, 6.07) is 4.07. The SMILES string of the molecule is Cc1c(NC(=O)NN)cccc1NC(=O)N(C)N. The Balaban J connectivity index is 2.91. The quantitative estimate of drug-likeness (QED) is 0.295. The number of urea groups is 2. The summed E-state index contributed by atoms with van der Waals surface area (Å²) in [5, 5.41) is 6.05. The fourth-order valence-corrected chi connectivity index (χ4v) is 1.27. The molecule has 0 aliphatic carbocycles. The zero-order valence-corrected chi connectivity index (χ0v) is 10.2. The largest absolute Gasteiger partial charge is 0.335 e. The first kappa shape index (κ1) is 13.7. The normalized spacial score (nSPS) is 9.56. The Morgan fingerprint density at radius 3 is 2.28 bits per heavy atom. The number of anilines is 2. The van der Waals surface area contributed by atoms with E-state index in [4.69, 9.17) is 11.7 Å². The molecule has 0 heterocycles. The summed E-state index contributed by atoms with van der Waals surface area (Å²) in [7, 11) is 1.43. The van der Waals surface area contributed by atoms with Gasteiger partial charge in [-0.2, -0.15) is 0 Å². The predicted molar refractivity (Wildman–Crippen MR) is 68.5 cm³/mol. The van der Waals surface area contributed by atoms with Gasteiger partial charge in [0.15, 0.2) is 0 Å². The number of carbonyl (C=O) groups excluding carboxylic acids is 2. The van der Waals surface area contributed by atoms with E-state index in [0.29, 0.717) is 16.9 Å². The fraction of sp³-hybridized carbons (Fsp3) is 0.200. The van der Waals surface area contributed by atoms with Crippen molar-refractivity contribution in [1.29, 1.82) is 0 Å². The van der Waals surface area contributed by atoms with E-state index in [1.54, 1.807) is 25.1 Å². The van der Waals surface area contributed by atoms with E-state index < -0.39 is 12.1 Å². The van der Waals surface area contributed by atoms with Crippen LogP contribution in [0.25, 0.3) is 0 Å². The molecule has 8 nitrogen and oxygen atoms in total. The van der Waals surface area contributed by atoms with Crippen LogP contribution in [-0.2, 0) is 0 Å². The number of benzene rings is 1. The van der Waals surface area contributed by atoms with E-state index in [1.807, 2.05) is 5.43 Å². The van der Waals surface area contributed by atoms with Crippen molar-refractivity contribution in [2.75, 3.05) is 17.7 Å². The highest BCUT2D eigenvalue weighted by molar-refractivity contribution is 5.94. The first-order valence-electron chi connectivity index (χ1n) is 5.12. The Labute approximate surface area is 104 Å². The topological polar surface area (TPSA) is 126 Å². The lowest BCUT2D eigenvalue weighted by molar-refractivity contribution is 0.223. The molecule has 0 saturated carbocycles. The molecule has 0 atom stereocenters. The van der Waals surface area contributed by atoms with E-state index in [1.165, 1.54) is 7.05 Å². The van der Waals surface area contributed by atoms with Gasteiger partial charge >= 0.3 is 12.1 Å². The molecule has 0 spiro atoms. The van der Waals surface area contributed by atoms with Crippen molar-refractivity contribution < 1.29 is 9.59 Å². The molecule has 0 bridgehead atoms. The molecule has 0 fully saturated rings. The smallest absolute Gasteiger partial charge is 0.307 e. The van der Waals surface area contributed by atoms with Gasteiger partial charge in [-0.05, 0) is 24.6 Å². The minimum absolute atomic E-state index is 0.460. The molecule has 7 N–H and O–H groups in total. The lowest BCUT2D eigenvalue weighted by Gasteiger charge is -2.15. The zero-order valence-electron chi connectivity index (χ0n) is 10.2. The number of hydrogen-bond acceptors (Lipinski definition) is 4. The highest BCUT2D eigenvalue weighted by atomic mass is 16.2. The fourth-order valence-electron chi connectivity index (χ4n) is 1.27. The van der Waals surface area contributed by atoms with Gasteiger partial charge in [-0.1, -0.05) is 6.07 Å².